The number of aryl methyl sites for hydroxylation is 1. The summed E-state index contributed by atoms with van der Waals surface area (Å²) in [6.07, 6.45) is 2.81. The summed E-state index contributed by atoms with van der Waals surface area (Å²) in [5.74, 6) is -1.35. The van der Waals surface area contributed by atoms with Crippen LogP contribution in [-0.4, -0.2) is 39.1 Å². The molecule has 0 spiro atoms. The molecule has 6 nitrogen and oxygen atoms in total. The Bertz CT molecular complexity index is 1250. The maximum atomic E-state index is 13.8. The first-order valence-corrected chi connectivity index (χ1v) is 10.9. The van der Waals surface area contributed by atoms with Gasteiger partial charge in [0.15, 0.2) is 11.6 Å². The molecule has 0 bridgehead atoms. The minimum atomic E-state index is -0.963. The van der Waals surface area contributed by atoms with Gasteiger partial charge in [-0.3, -0.25) is 4.79 Å². The summed E-state index contributed by atoms with van der Waals surface area (Å²) in [5.41, 5.74) is 2.48. The van der Waals surface area contributed by atoms with Gasteiger partial charge in [0.1, 0.15) is 17.5 Å². The van der Waals surface area contributed by atoms with Crippen molar-refractivity contribution in [1.29, 1.82) is 0 Å². The van der Waals surface area contributed by atoms with Crippen LogP contribution in [0.25, 0.3) is 22.3 Å². The van der Waals surface area contributed by atoms with Gasteiger partial charge < -0.3 is 14.0 Å². The van der Waals surface area contributed by atoms with Gasteiger partial charge in [0.25, 0.3) is 0 Å². The Hall–Kier alpha value is -3.55. The van der Waals surface area contributed by atoms with E-state index >= 15 is 0 Å². The lowest BCUT2D eigenvalue weighted by Gasteiger charge is -2.27. The molecular formula is C25H26F2N4O2. The van der Waals surface area contributed by atoms with Gasteiger partial charge in [0, 0.05) is 43.8 Å². The van der Waals surface area contributed by atoms with Gasteiger partial charge >= 0.3 is 0 Å². The molecule has 1 atom stereocenters. The van der Waals surface area contributed by atoms with E-state index in [2.05, 4.69) is 10.1 Å². The summed E-state index contributed by atoms with van der Waals surface area (Å²) in [5, 5.41) is 4.12. The van der Waals surface area contributed by atoms with Crippen molar-refractivity contribution in [2.45, 2.75) is 32.7 Å². The highest BCUT2D eigenvalue weighted by Crippen LogP contribution is 2.27. The zero-order chi connectivity index (χ0) is 23.5. The quantitative estimate of drug-likeness (QED) is 0.366. The van der Waals surface area contributed by atoms with Crippen molar-refractivity contribution in [2.75, 3.05) is 13.6 Å². The minimum absolute atomic E-state index is 0.0758. The first-order chi connectivity index (χ1) is 15.8. The number of amides is 1. The minimum Gasteiger partial charge on any atom is -0.361 e. The number of benzene rings is 2. The van der Waals surface area contributed by atoms with Crippen molar-refractivity contribution in [3.05, 3.63) is 72.3 Å². The third-order valence-corrected chi connectivity index (χ3v) is 5.72. The molecule has 4 rings (SSSR count). The maximum Gasteiger partial charge on any atom is 0.245 e. The summed E-state index contributed by atoms with van der Waals surface area (Å²) in [4.78, 5) is 19.1. The van der Waals surface area contributed by atoms with Crippen molar-refractivity contribution in [1.82, 2.24) is 19.6 Å². The SMILES string of the molecule is CC(C)C(C(=O)N(C)CCCc1cc(-c2ccccc2)no1)n1cnc2cc(F)c(F)cc21. The molecule has 0 aliphatic heterocycles. The summed E-state index contributed by atoms with van der Waals surface area (Å²) < 4.78 is 34.5. The van der Waals surface area contributed by atoms with Gasteiger partial charge in [0.2, 0.25) is 5.91 Å². The molecule has 0 radical (unpaired) electrons. The third kappa shape index (κ3) is 4.79. The number of rotatable bonds is 8. The fraction of sp³-hybridized carbons (Fsp3) is 0.320. The van der Waals surface area contributed by atoms with Crippen LogP contribution in [0.15, 0.2) is 59.4 Å². The number of likely N-dealkylation sites (N-methyl/N-ethyl adjacent to an activating group) is 1. The zero-order valence-electron chi connectivity index (χ0n) is 18.8. The topological polar surface area (TPSA) is 64.2 Å². The Morgan fingerprint density at radius 2 is 1.85 bits per heavy atom. The number of aromatic nitrogens is 3. The lowest BCUT2D eigenvalue weighted by molar-refractivity contribution is -0.134. The van der Waals surface area contributed by atoms with Gasteiger partial charge in [-0.15, -0.1) is 0 Å². The fourth-order valence-electron chi connectivity index (χ4n) is 3.97. The molecule has 172 valence electrons. The highest BCUT2D eigenvalue weighted by Gasteiger charge is 2.28. The number of imidazole rings is 1. The van der Waals surface area contributed by atoms with Crippen LogP contribution in [0, 0.1) is 17.6 Å². The van der Waals surface area contributed by atoms with Crippen LogP contribution >= 0.6 is 0 Å². The lowest BCUT2D eigenvalue weighted by atomic mass is 10.0. The molecule has 0 saturated heterocycles. The molecule has 0 N–H and O–H groups in total. The Labute approximate surface area is 190 Å². The average Bonchev–Trinajstić information content (AvgIpc) is 3.42. The van der Waals surface area contributed by atoms with Crippen LogP contribution in [-0.2, 0) is 11.2 Å². The molecule has 2 aromatic heterocycles. The Morgan fingerprint density at radius 1 is 1.12 bits per heavy atom. The molecule has 33 heavy (non-hydrogen) atoms. The van der Waals surface area contributed by atoms with Crippen molar-refractivity contribution in [2.24, 2.45) is 5.92 Å². The van der Waals surface area contributed by atoms with E-state index in [1.807, 2.05) is 50.2 Å². The number of halogens is 2. The number of carbonyl (C=O) groups is 1. The van der Waals surface area contributed by atoms with E-state index in [0.29, 0.717) is 30.4 Å². The molecule has 0 fully saturated rings. The predicted octanol–water partition coefficient (Wildman–Crippen LogP) is 5.26. The second-order valence-electron chi connectivity index (χ2n) is 8.50. The van der Waals surface area contributed by atoms with Crippen LogP contribution < -0.4 is 0 Å². The van der Waals surface area contributed by atoms with E-state index in [4.69, 9.17) is 4.52 Å². The van der Waals surface area contributed by atoms with Gasteiger partial charge in [0.05, 0.1) is 17.4 Å². The van der Waals surface area contributed by atoms with E-state index in [1.165, 1.54) is 6.33 Å². The van der Waals surface area contributed by atoms with Crippen LogP contribution in [0.3, 0.4) is 0 Å². The van der Waals surface area contributed by atoms with Gasteiger partial charge in [-0.05, 0) is 12.3 Å². The van der Waals surface area contributed by atoms with Gasteiger partial charge in [-0.25, -0.2) is 13.8 Å². The summed E-state index contributed by atoms with van der Waals surface area (Å²) in [7, 11) is 1.74. The second-order valence-corrected chi connectivity index (χ2v) is 8.50. The first-order valence-electron chi connectivity index (χ1n) is 10.9. The van der Waals surface area contributed by atoms with Crippen molar-refractivity contribution in [3.63, 3.8) is 0 Å². The van der Waals surface area contributed by atoms with E-state index in [1.54, 1.807) is 16.5 Å². The Balaban J connectivity index is 1.42. The highest BCUT2D eigenvalue weighted by atomic mass is 19.2. The van der Waals surface area contributed by atoms with Gasteiger partial charge in [-0.1, -0.05) is 49.3 Å². The summed E-state index contributed by atoms with van der Waals surface area (Å²) >= 11 is 0. The van der Waals surface area contributed by atoms with Crippen LogP contribution in [0.1, 0.15) is 32.1 Å². The Kier molecular flexibility index (Phi) is 6.53. The predicted molar refractivity (Wildman–Crippen MR) is 121 cm³/mol. The molecule has 0 saturated carbocycles. The maximum absolute atomic E-state index is 13.8. The highest BCUT2D eigenvalue weighted by molar-refractivity contribution is 5.84. The monoisotopic (exact) mass is 452 g/mol. The van der Waals surface area contributed by atoms with E-state index < -0.39 is 17.7 Å². The lowest BCUT2D eigenvalue weighted by Crippen LogP contribution is -2.37. The number of hydrogen-bond acceptors (Lipinski definition) is 4. The molecule has 4 aromatic rings. The second kappa shape index (κ2) is 9.52. The van der Waals surface area contributed by atoms with E-state index in [0.717, 1.165) is 29.2 Å². The summed E-state index contributed by atoms with van der Waals surface area (Å²) in [6.45, 7) is 4.35. The van der Waals surface area contributed by atoms with Crippen molar-refractivity contribution < 1.29 is 18.1 Å². The zero-order valence-corrected chi connectivity index (χ0v) is 18.8. The molecule has 1 amide bonds. The van der Waals surface area contributed by atoms with Crippen LogP contribution in [0.4, 0.5) is 8.78 Å². The first kappa shape index (κ1) is 22.6. The van der Waals surface area contributed by atoms with E-state index in [-0.39, 0.29) is 11.8 Å². The summed E-state index contributed by atoms with van der Waals surface area (Å²) in [6, 6.07) is 13.3. The molecule has 8 heteroatoms. The number of hydrogen-bond donors (Lipinski definition) is 0. The van der Waals surface area contributed by atoms with Crippen molar-refractivity contribution >= 4 is 16.9 Å². The largest absolute Gasteiger partial charge is 0.361 e. The van der Waals surface area contributed by atoms with E-state index in [9.17, 15) is 13.6 Å². The Morgan fingerprint density at radius 3 is 2.58 bits per heavy atom. The molecule has 1 unspecified atom stereocenters. The molecule has 2 heterocycles. The fourth-order valence-corrected chi connectivity index (χ4v) is 3.97. The smallest absolute Gasteiger partial charge is 0.245 e. The molecule has 0 aliphatic rings. The van der Waals surface area contributed by atoms with Crippen molar-refractivity contribution in [3.8, 4) is 11.3 Å². The number of carbonyl (C=O) groups excluding carboxylic acids is 1. The normalized spacial score (nSPS) is 12.4. The van der Waals surface area contributed by atoms with Gasteiger partial charge in [-0.2, -0.15) is 0 Å². The van der Waals surface area contributed by atoms with Crippen LogP contribution in [0.5, 0.6) is 0 Å². The number of nitrogens with zero attached hydrogens (tertiary/aromatic N) is 4. The molecule has 0 aliphatic carbocycles. The average molecular weight is 453 g/mol. The number of fused-ring (bicyclic) bond motifs is 1. The molecule has 2 aromatic carbocycles. The third-order valence-electron chi connectivity index (χ3n) is 5.72. The van der Waals surface area contributed by atoms with Crippen LogP contribution in [0.2, 0.25) is 0 Å². The molecular weight excluding hydrogens is 426 g/mol. The standard InChI is InChI=1S/C25H26F2N4O2/c1-16(2)24(31-15-28-22-13-19(26)20(27)14-23(22)31)25(32)30(3)11-7-10-18-12-21(29-33-18)17-8-5-4-6-9-17/h4-6,8-9,12-16,24H,7,10-11H2,1-3H3.